The van der Waals surface area contributed by atoms with Crippen LogP contribution < -0.4 is 0 Å². The van der Waals surface area contributed by atoms with Gasteiger partial charge in [-0.05, 0) is 59.0 Å². The van der Waals surface area contributed by atoms with Crippen molar-refractivity contribution in [2.24, 2.45) is 5.92 Å². The smallest absolute Gasteiger partial charge is 0.0575 e. The van der Waals surface area contributed by atoms with Crippen molar-refractivity contribution in [3.63, 3.8) is 0 Å². The van der Waals surface area contributed by atoms with Gasteiger partial charge in [0.15, 0.2) is 0 Å². The molecule has 41 heavy (non-hydrogen) atoms. The molecule has 0 spiro atoms. The molecule has 0 fully saturated rings. The molecule has 0 N–H and O–H groups in total. The molecule has 0 radical (unpaired) electrons. The van der Waals surface area contributed by atoms with Crippen LogP contribution in [0.4, 0.5) is 0 Å². The number of hydrogen-bond acceptors (Lipinski definition) is 2. The maximum absolute atomic E-state index is 6.46. The molecule has 0 aromatic carbocycles. The molecule has 0 bridgehead atoms. The highest BCUT2D eigenvalue weighted by Crippen LogP contribution is 2.24. The third kappa shape index (κ3) is 29.8. The molecule has 1 atom stereocenters. The predicted molar refractivity (Wildman–Crippen MR) is 187 cm³/mol. The van der Waals surface area contributed by atoms with E-state index in [1.807, 2.05) is 0 Å². The van der Waals surface area contributed by atoms with E-state index in [0.717, 1.165) is 12.5 Å². The van der Waals surface area contributed by atoms with Crippen molar-refractivity contribution in [2.75, 3.05) is 20.2 Å². The molecular formula is C39H81NO. The molecule has 2 heteroatoms. The summed E-state index contributed by atoms with van der Waals surface area (Å²) in [7, 11) is 2.25. The van der Waals surface area contributed by atoms with Gasteiger partial charge >= 0.3 is 0 Å². The van der Waals surface area contributed by atoms with Crippen LogP contribution in [-0.2, 0) is 4.74 Å². The van der Waals surface area contributed by atoms with Crippen LogP contribution in [-0.4, -0.2) is 37.2 Å². The van der Waals surface area contributed by atoms with Crippen molar-refractivity contribution < 1.29 is 4.74 Å². The molecule has 1 unspecified atom stereocenters. The fourth-order valence-corrected chi connectivity index (χ4v) is 6.28. The van der Waals surface area contributed by atoms with Crippen molar-refractivity contribution in [1.29, 1.82) is 0 Å². The van der Waals surface area contributed by atoms with Crippen LogP contribution in [0.2, 0.25) is 0 Å². The lowest BCUT2D eigenvalue weighted by atomic mass is 9.90. The lowest BCUT2D eigenvalue weighted by molar-refractivity contribution is 0.0348. The Labute approximate surface area is 261 Å². The first-order valence-corrected chi connectivity index (χ1v) is 19.4. The molecule has 0 saturated heterocycles. The van der Waals surface area contributed by atoms with Crippen LogP contribution in [0.5, 0.6) is 0 Å². The zero-order valence-corrected chi connectivity index (χ0v) is 29.8. The van der Waals surface area contributed by atoms with E-state index in [2.05, 4.69) is 46.6 Å². The molecule has 0 rings (SSSR count). The van der Waals surface area contributed by atoms with E-state index < -0.39 is 0 Å². The molecule has 0 amide bonds. The molecule has 0 aliphatic rings. The van der Waals surface area contributed by atoms with Crippen LogP contribution in [0.25, 0.3) is 0 Å². The van der Waals surface area contributed by atoms with Crippen molar-refractivity contribution in [3.05, 3.63) is 0 Å². The second kappa shape index (κ2) is 32.8. The minimum atomic E-state index is 0.510. The third-order valence-electron chi connectivity index (χ3n) is 9.59. The van der Waals surface area contributed by atoms with Gasteiger partial charge in [0.05, 0.1) is 6.10 Å². The number of unbranched alkanes of at least 4 members (excludes halogenated alkanes) is 18. The van der Waals surface area contributed by atoms with Gasteiger partial charge in [-0.25, -0.2) is 0 Å². The standard InChI is InChI=1S/C39H81NO/c1-7-10-13-14-17-21-26-33-39(41-36-29-28-35-40(6)37(4)5)34-27-22-19-16-15-18-20-25-32-38(30-23-11-8-2)31-24-12-9-3/h37-39H,7-36H2,1-6H3. The highest BCUT2D eigenvalue weighted by atomic mass is 16.5. The van der Waals surface area contributed by atoms with E-state index in [1.54, 1.807) is 0 Å². The zero-order chi connectivity index (χ0) is 30.2. The quantitative estimate of drug-likeness (QED) is 0.0703. The van der Waals surface area contributed by atoms with Crippen molar-refractivity contribution in [2.45, 2.75) is 227 Å². The molecule has 0 aromatic rings. The van der Waals surface area contributed by atoms with Gasteiger partial charge in [-0.15, -0.1) is 0 Å². The zero-order valence-electron chi connectivity index (χ0n) is 29.8. The molecule has 2 nitrogen and oxygen atoms in total. The van der Waals surface area contributed by atoms with Crippen LogP contribution in [0.1, 0.15) is 214 Å². The van der Waals surface area contributed by atoms with Gasteiger partial charge in [0.2, 0.25) is 0 Å². The Kier molecular flexibility index (Phi) is 32.8. The summed E-state index contributed by atoms with van der Waals surface area (Å²) in [6, 6.07) is 0.647. The third-order valence-corrected chi connectivity index (χ3v) is 9.59. The van der Waals surface area contributed by atoms with Crippen LogP contribution in [0.3, 0.4) is 0 Å². The topological polar surface area (TPSA) is 12.5 Å². The maximum atomic E-state index is 6.46. The van der Waals surface area contributed by atoms with E-state index >= 15 is 0 Å². The second-order valence-corrected chi connectivity index (χ2v) is 13.9. The van der Waals surface area contributed by atoms with Gasteiger partial charge in [0.1, 0.15) is 0 Å². The lowest BCUT2D eigenvalue weighted by Crippen LogP contribution is -2.27. The average molecular weight is 580 g/mol. The SMILES string of the molecule is CCCCCCCCCC(CCCCCCCCCCC(CCCCC)CCCCC)OCCCCN(C)C(C)C. The number of hydrogen-bond donors (Lipinski definition) is 0. The highest BCUT2D eigenvalue weighted by Gasteiger charge is 2.10. The Morgan fingerprint density at radius 1 is 0.439 bits per heavy atom. The van der Waals surface area contributed by atoms with E-state index in [4.69, 9.17) is 4.74 Å². The molecule has 0 saturated carbocycles. The monoisotopic (exact) mass is 580 g/mol. The van der Waals surface area contributed by atoms with Crippen LogP contribution in [0.15, 0.2) is 0 Å². The molecule has 0 aromatic heterocycles. The van der Waals surface area contributed by atoms with Gasteiger partial charge in [-0.1, -0.05) is 175 Å². The normalized spacial score (nSPS) is 12.8. The summed E-state index contributed by atoms with van der Waals surface area (Å²) in [6.07, 6.45) is 39.9. The largest absolute Gasteiger partial charge is 0.378 e. The fourth-order valence-electron chi connectivity index (χ4n) is 6.28. The first-order chi connectivity index (χ1) is 20.0. The Balaban J connectivity index is 4.02. The van der Waals surface area contributed by atoms with Crippen molar-refractivity contribution in [1.82, 2.24) is 4.90 Å². The van der Waals surface area contributed by atoms with E-state index in [9.17, 15) is 0 Å². The number of rotatable bonds is 34. The summed E-state index contributed by atoms with van der Waals surface area (Å²) in [5.41, 5.74) is 0. The summed E-state index contributed by atoms with van der Waals surface area (Å²) in [5.74, 6) is 1.02. The summed E-state index contributed by atoms with van der Waals surface area (Å²) in [4.78, 5) is 2.45. The summed E-state index contributed by atoms with van der Waals surface area (Å²) in [5, 5.41) is 0. The average Bonchev–Trinajstić information content (AvgIpc) is 2.96. The molecular weight excluding hydrogens is 498 g/mol. The van der Waals surface area contributed by atoms with E-state index in [1.165, 1.54) is 186 Å². The Bertz CT molecular complexity index is 468. The summed E-state index contributed by atoms with van der Waals surface area (Å²) >= 11 is 0. The lowest BCUT2D eigenvalue weighted by Gasteiger charge is -2.21. The van der Waals surface area contributed by atoms with Gasteiger partial charge in [0, 0.05) is 12.6 Å². The Hall–Kier alpha value is -0.0800. The molecule has 0 aliphatic carbocycles. The highest BCUT2D eigenvalue weighted by molar-refractivity contribution is 4.63. The summed E-state index contributed by atoms with van der Waals surface area (Å²) < 4.78 is 6.46. The Morgan fingerprint density at radius 2 is 0.805 bits per heavy atom. The predicted octanol–water partition coefficient (Wildman–Crippen LogP) is 13.3. The van der Waals surface area contributed by atoms with Gasteiger partial charge < -0.3 is 9.64 Å². The molecule has 248 valence electrons. The van der Waals surface area contributed by atoms with Crippen molar-refractivity contribution >= 4 is 0 Å². The van der Waals surface area contributed by atoms with Gasteiger partial charge in [0.25, 0.3) is 0 Å². The van der Waals surface area contributed by atoms with Crippen molar-refractivity contribution in [3.8, 4) is 0 Å². The van der Waals surface area contributed by atoms with E-state index in [0.29, 0.717) is 12.1 Å². The fraction of sp³-hybridized carbons (Fsp3) is 1.00. The van der Waals surface area contributed by atoms with Crippen LogP contribution in [0, 0.1) is 5.92 Å². The molecule has 0 aliphatic heterocycles. The first kappa shape index (κ1) is 40.9. The van der Waals surface area contributed by atoms with Gasteiger partial charge in [-0.2, -0.15) is 0 Å². The van der Waals surface area contributed by atoms with Crippen LogP contribution >= 0.6 is 0 Å². The minimum Gasteiger partial charge on any atom is -0.378 e. The Morgan fingerprint density at radius 3 is 1.24 bits per heavy atom. The minimum absolute atomic E-state index is 0.510. The summed E-state index contributed by atoms with van der Waals surface area (Å²) in [6.45, 7) is 13.7. The second-order valence-electron chi connectivity index (χ2n) is 13.9. The van der Waals surface area contributed by atoms with Gasteiger partial charge in [-0.3, -0.25) is 0 Å². The number of ether oxygens (including phenoxy) is 1. The molecule has 0 heterocycles. The first-order valence-electron chi connectivity index (χ1n) is 19.4. The maximum Gasteiger partial charge on any atom is 0.0575 e. The number of nitrogens with zero attached hydrogens (tertiary/aromatic N) is 1. The van der Waals surface area contributed by atoms with E-state index in [-0.39, 0.29) is 0 Å².